The van der Waals surface area contributed by atoms with Crippen molar-refractivity contribution in [3.05, 3.63) is 49.1 Å². The van der Waals surface area contributed by atoms with Crippen LogP contribution in [0.15, 0.2) is 18.2 Å². The lowest BCUT2D eigenvalue weighted by Gasteiger charge is -2.13. The minimum absolute atomic E-state index is 0.0289. The Labute approximate surface area is 133 Å². The number of phenolic OH excluding ortho intramolecular Hbond substituents is 1. The van der Waals surface area contributed by atoms with E-state index in [0.29, 0.717) is 5.56 Å². The van der Waals surface area contributed by atoms with Crippen molar-refractivity contribution in [2.24, 2.45) is 0 Å². The fourth-order valence-electron chi connectivity index (χ4n) is 1.52. The third-order valence-corrected chi connectivity index (χ3v) is 4.72. The molecule has 0 fully saturated rings. The molecule has 1 nitrogen and oxygen atoms in total. The first-order chi connectivity index (χ1) is 8.84. The van der Waals surface area contributed by atoms with Gasteiger partial charge in [-0.1, -0.05) is 64.1 Å². The number of benzene rings is 2. The third kappa shape index (κ3) is 2.61. The molecule has 2 aromatic carbocycles. The first-order valence-electron chi connectivity index (χ1n) is 4.85. The lowest BCUT2D eigenvalue weighted by Crippen LogP contribution is -1.88. The van der Waals surface area contributed by atoms with Gasteiger partial charge < -0.3 is 5.11 Å². The zero-order valence-corrected chi connectivity index (χ0v) is 12.7. The van der Waals surface area contributed by atoms with E-state index in [4.69, 9.17) is 63.1 Å². The van der Waals surface area contributed by atoms with Crippen LogP contribution in [-0.2, 0) is 0 Å². The van der Waals surface area contributed by atoms with Crippen molar-refractivity contribution in [2.45, 2.75) is 0 Å². The highest BCUT2D eigenvalue weighted by Crippen LogP contribution is 2.48. The van der Waals surface area contributed by atoms with Gasteiger partial charge in [-0.25, -0.2) is 4.39 Å². The summed E-state index contributed by atoms with van der Waals surface area (Å²) in [6.45, 7) is 0. The van der Waals surface area contributed by atoms with Crippen LogP contribution in [0, 0.1) is 5.82 Å². The van der Waals surface area contributed by atoms with Crippen LogP contribution >= 0.6 is 58.0 Å². The van der Waals surface area contributed by atoms with Gasteiger partial charge in [0.1, 0.15) is 0 Å². The molecule has 0 saturated carbocycles. The second kappa shape index (κ2) is 5.55. The zero-order chi connectivity index (χ0) is 14.3. The Bertz CT molecular complexity index is 643. The summed E-state index contributed by atoms with van der Waals surface area (Å²) in [5.41, 5.74) is 0.576. The van der Waals surface area contributed by atoms with Gasteiger partial charge >= 0.3 is 0 Å². The van der Waals surface area contributed by atoms with Gasteiger partial charge in [-0.3, -0.25) is 0 Å². The third-order valence-electron chi connectivity index (χ3n) is 2.45. The maximum absolute atomic E-state index is 13.4. The van der Waals surface area contributed by atoms with Crippen molar-refractivity contribution in [3.8, 4) is 16.9 Å². The molecule has 0 aromatic heterocycles. The molecular weight excluding hydrogens is 356 g/mol. The van der Waals surface area contributed by atoms with E-state index in [9.17, 15) is 4.39 Å². The largest absolute Gasteiger partial charge is 0.505 e. The molecular formula is C12H4Cl5FO. The maximum atomic E-state index is 13.4. The molecule has 0 saturated heterocycles. The quantitative estimate of drug-likeness (QED) is 0.457. The Hall–Kier alpha value is -0.380. The van der Waals surface area contributed by atoms with Gasteiger partial charge in [-0.15, -0.1) is 0 Å². The second-order valence-corrected chi connectivity index (χ2v) is 5.50. The topological polar surface area (TPSA) is 20.2 Å². The summed E-state index contributed by atoms with van der Waals surface area (Å²) in [5.74, 6) is -1.30. The number of hydrogen-bond acceptors (Lipinski definition) is 1. The molecule has 0 aliphatic heterocycles. The van der Waals surface area contributed by atoms with Crippen LogP contribution < -0.4 is 0 Å². The Morgan fingerprint density at radius 1 is 0.789 bits per heavy atom. The van der Waals surface area contributed by atoms with Crippen molar-refractivity contribution < 1.29 is 9.50 Å². The van der Waals surface area contributed by atoms with E-state index in [1.165, 1.54) is 12.1 Å². The molecule has 0 radical (unpaired) electrons. The maximum Gasteiger partial charge on any atom is 0.165 e. The van der Waals surface area contributed by atoms with Gasteiger partial charge in [0.15, 0.2) is 11.6 Å². The summed E-state index contributed by atoms with van der Waals surface area (Å²) in [6.07, 6.45) is 0. The molecule has 100 valence electrons. The van der Waals surface area contributed by atoms with Gasteiger partial charge in [0.2, 0.25) is 0 Å². The first kappa shape index (κ1) is 15.0. The molecule has 2 aromatic rings. The molecule has 0 aliphatic carbocycles. The molecule has 0 aliphatic rings. The minimum atomic E-state index is -0.813. The Morgan fingerprint density at radius 3 is 1.74 bits per heavy atom. The smallest absolute Gasteiger partial charge is 0.165 e. The van der Waals surface area contributed by atoms with E-state index in [1.807, 2.05) is 0 Å². The molecule has 0 atom stereocenters. The van der Waals surface area contributed by atoms with Crippen molar-refractivity contribution in [1.29, 1.82) is 0 Å². The number of aromatic hydroxyl groups is 1. The first-order valence-corrected chi connectivity index (χ1v) is 6.74. The normalized spacial score (nSPS) is 10.8. The highest BCUT2D eigenvalue weighted by Gasteiger charge is 2.21. The van der Waals surface area contributed by atoms with Crippen LogP contribution in [0.2, 0.25) is 25.1 Å². The molecule has 0 spiro atoms. The summed E-state index contributed by atoms with van der Waals surface area (Å²) < 4.78 is 13.4. The Balaban J connectivity index is 2.79. The summed E-state index contributed by atoms with van der Waals surface area (Å²) in [4.78, 5) is 0. The van der Waals surface area contributed by atoms with Crippen molar-refractivity contribution in [3.63, 3.8) is 0 Å². The molecule has 0 bridgehead atoms. The molecule has 1 N–H and O–H groups in total. The Kier molecular flexibility index (Phi) is 4.38. The number of hydrogen-bond donors (Lipinski definition) is 1. The van der Waals surface area contributed by atoms with E-state index in [-0.39, 0.29) is 30.7 Å². The van der Waals surface area contributed by atoms with E-state index >= 15 is 0 Å². The molecule has 2 rings (SSSR count). The molecule has 7 heteroatoms. The minimum Gasteiger partial charge on any atom is -0.505 e. The predicted molar refractivity (Wildman–Crippen MR) is 78.6 cm³/mol. The molecule has 19 heavy (non-hydrogen) atoms. The molecule has 0 heterocycles. The fourth-order valence-corrected chi connectivity index (χ4v) is 2.88. The highest BCUT2D eigenvalue weighted by atomic mass is 35.5. The van der Waals surface area contributed by atoms with E-state index in [1.54, 1.807) is 0 Å². The van der Waals surface area contributed by atoms with Crippen LogP contribution in [0.1, 0.15) is 0 Å². The van der Waals surface area contributed by atoms with Gasteiger partial charge in [0, 0.05) is 5.56 Å². The summed E-state index contributed by atoms with van der Waals surface area (Å²) in [7, 11) is 0. The van der Waals surface area contributed by atoms with Crippen molar-refractivity contribution >= 4 is 58.0 Å². The van der Waals surface area contributed by atoms with E-state index in [0.717, 1.165) is 6.07 Å². The summed E-state index contributed by atoms with van der Waals surface area (Å²) in [5, 5.41) is 9.38. The van der Waals surface area contributed by atoms with Crippen LogP contribution in [0.5, 0.6) is 5.75 Å². The molecule has 0 unspecified atom stereocenters. The number of rotatable bonds is 1. The summed E-state index contributed by atoms with van der Waals surface area (Å²) >= 11 is 29.8. The second-order valence-electron chi connectivity index (χ2n) is 3.61. The van der Waals surface area contributed by atoms with E-state index < -0.39 is 11.6 Å². The SMILES string of the molecule is Oc1ccc(-c2c(Cl)c(Cl)c(Cl)c(Cl)c2Cl)cc1F. The summed E-state index contributed by atoms with van der Waals surface area (Å²) in [6, 6.07) is 3.68. The van der Waals surface area contributed by atoms with Gasteiger partial charge in [-0.05, 0) is 17.7 Å². The number of phenols is 1. The van der Waals surface area contributed by atoms with Crippen LogP contribution in [-0.4, -0.2) is 5.11 Å². The zero-order valence-electron chi connectivity index (χ0n) is 8.95. The average Bonchev–Trinajstić information content (AvgIpc) is 2.38. The van der Waals surface area contributed by atoms with E-state index in [2.05, 4.69) is 0 Å². The number of halogens is 6. The van der Waals surface area contributed by atoms with Crippen molar-refractivity contribution in [1.82, 2.24) is 0 Å². The Morgan fingerprint density at radius 2 is 1.26 bits per heavy atom. The standard InChI is InChI=1S/C12H4Cl5FO/c13-8-7(4-1-2-6(19)5(18)3-4)9(14)11(16)12(17)10(8)15/h1-3,19H. The van der Waals surface area contributed by atoms with Crippen LogP contribution in [0.4, 0.5) is 4.39 Å². The lowest BCUT2D eigenvalue weighted by molar-refractivity contribution is 0.432. The lowest BCUT2D eigenvalue weighted by atomic mass is 10.0. The highest BCUT2D eigenvalue weighted by molar-refractivity contribution is 6.56. The van der Waals surface area contributed by atoms with Gasteiger partial charge in [0.25, 0.3) is 0 Å². The monoisotopic (exact) mass is 358 g/mol. The van der Waals surface area contributed by atoms with Crippen LogP contribution in [0.25, 0.3) is 11.1 Å². The molecule has 0 amide bonds. The van der Waals surface area contributed by atoms with Gasteiger partial charge in [-0.2, -0.15) is 0 Å². The van der Waals surface area contributed by atoms with Gasteiger partial charge in [0.05, 0.1) is 25.1 Å². The fraction of sp³-hybridized carbons (Fsp3) is 0. The van der Waals surface area contributed by atoms with Crippen molar-refractivity contribution in [2.75, 3.05) is 0 Å². The van der Waals surface area contributed by atoms with Crippen LogP contribution in [0.3, 0.4) is 0 Å². The average molecular weight is 360 g/mol. The predicted octanol–water partition coefficient (Wildman–Crippen LogP) is 6.47.